The minimum Gasteiger partial charge on any atom is -0.393 e. The monoisotopic (exact) mass is 253 g/mol. The maximum atomic E-state index is 12.4. The number of benzene rings is 1. The van der Waals surface area contributed by atoms with Gasteiger partial charge >= 0.3 is 6.18 Å². The lowest BCUT2D eigenvalue weighted by Gasteiger charge is -2.10. The number of hydrogen-bond acceptors (Lipinski definition) is 1. The second kappa shape index (κ2) is 4.37. The molecule has 82 valence electrons. The molecule has 0 bridgehead atoms. The fourth-order valence-electron chi connectivity index (χ4n) is 1.10. The van der Waals surface area contributed by atoms with Crippen molar-refractivity contribution in [3.05, 3.63) is 34.3 Å². The van der Waals surface area contributed by atoms with Gasteiger partial charge in [0.15, 0.2) is 0 Å². The van der Waals surface area contributed by atoms with E-state index in [9.17, 15) is 13.2 Å². The van der Waals surface area contributed by atoms with E-state index in [1.54, 1.807) is 0 Å². The summed E-state index contributed by atoms with van der Waals surface area (Å²) in [7, 11) is 0. The Kier molecular flexibility index (Phi) is 3.57. The van der Waals surface area contributed by atoms with Crippen molar-refractivity contribution in [3.63, 3.8) is 0 Å². The number of halogens is 4. The van der Waals surface area contributed by atoms with Gasteiger partial charge in [0.05, 0.1) is 15.6 Å². The summed E-state index contributed by atoms with van der Waals surface area (Å²) >= 11 is 10.0. The summed E-state index contributed by atoms with van der Waals surface area (Å²) in [4.78, 5) is 0.144. The van der Waals surface area contributed by atoms with E-state index in [2.05, 4.69) is 12.2 Å². The van der Waals surface area contributed by atoms with Gasteiger partial charge in [0.2, 0.25) is 0 Å². The summed E-state index contributed by atoms with van der Waals surface area (Å²) in [5.41, 5.74) is 4.78. The van der Waals surface area contributed by atoms with E-state index in [1.807, 2.05) is 0 Å². The van der Waals surface area contributed by atoms with E-state index in [-0.39, 0.29) is 16.4 Å². The number of hydrogen-bond donors (Lipinski definition) is 1. The van der Waals surface area contributed by atoms with Crippen molar-refractivity contribution >= 4 is 28.8 Å². The summed E-state index contributed by atoms with van der Waals surface area (Å²) in [5.74, 6) is 0. The van der Waals surface area contributed by atoms with Crippen LogP contribution in [0.5, 0.6) is 0 Å². The molecule has 0 aliphatic carbocycles. The van der Waals surface area contributed by atoms with Gasteiger partial charge < -0.3 is 5.73 Å². The van der Waals surface area contributed by atoms with Crippen molar-refractivity contribution in [2.75, 3.05) is 0 Å². The summed E-state index contributed by atoms with van der Waals surface area (Å²) in [6.45, 7) is 0. The molecular formula is C9H7ClF3NS. The van der Waals surface area contributed by atoms with Gasteiger partial charge in [-0.25, -0.2) is 0 Å². The van der Waals surface area contributed by atoms with Crippen molar-refractivity contribution in [1.82, 2.24) is 0 Å². The predicted octanol–water partition coefficient (Wildman–Crippen LogP) is 3.19. The summed E-state index contributed by atoms with van der Waals surface area (Å²) in [6.07, 6.45) is -4.32. The zero-order valence-corrected chi connectivity index (χ0v) is 9.01. The predicted molar refractivity (Wildman–Crippen MR) is 56.9 cm³/mol. The minimum atomic E-state index is -4.46. The summed E-state index contributed by atoms with van der Waals surface area (Å²) in [5, 5.41) is -0.325. The Morgan fingerprint density at radius 3 is 2.47 bits per heavy atom. The van der Waals surface area contributed by atoms with Gasteiger partial charge in [0, 0.05) is 6.42 Å². The van der Waals surface area contributed by atoms with Crippen LogP contribution in [0.25, 0.3) is 0 Å². The Bertz CT molecular complexity index is 389. The molecule has 1 rings (SSSR count). The first-order valence-corrected chi connectivity index (χ1v) is 4.73. The zero-order valence-electron chi connectivity index (χ0n) is 7.44. The molecule has 0 amide bonds. The van der Waals surface area contributed by atoms with E-state index in [0.717, 1.165) is 6.07 Å². The first kappa shape index (κ1) is 12.3. The molecule has 0 atom stereocenters. The van der Waals surface area contributed by atoms with E-state index in [1.165, 1.54) is 12.1 Å². The molecule has 1 nitrogen and oxygen atoms in total. The van der Waals surface area contributed by atoms with E-state index >= 15 is 0 Å². The second-order valence-corrected chi connectivity index (χ2v) is 3.89. The van der Waals surface area contributed by atoms with Crippen molar-refractivity contribution in [2.24, 2.45) is 5.73 Å². The van der Waals surface area contributed by atoms with Crippen molar-refractivity contribution in [1.29, 1.82) is 0 Å². The van der Waals surface area contributed by atoms with E-state index in [0.29, 0.717) is 5.56 Å². The third kappa shape index (κ3) is 3.35. The Morgan fingerprint density at radius 2 is 2.00 bits per heavy atom. The fraction of sp³-hybridized carbons (Fsp3) is 0.222. The smallest absolute Gasteiger partial charge is 0.393 e. The SMILES string of the molecule is NC(=S)Cc1ccc(Cl)c(C(F)(F)F)c1. The zero-order chi connectivity index (χ0) is 11.6. The van der Waals surface area contributed by atoms with Gasteiger partial charge in [-0.1, -0.05) is 29.9 Å². The molecule has 0 heterocycles. The van der Waals surface area contributed by atoms with Crippen LogP contribution in [0.1, 0.15) is 11.1 Å². The quantitative estimate of drug-likeness (QED) is 0.820. The molecule has 15 heavy (non-hydrogen) atoms. The first-order chi connectivity index (χ1) is 6.80. The molecule has 0 saturated carbocycles. The van der Waals surface area contributed by atoms with Crippen LogP contribution >= 0.6 is 23.8 Å². The van der Waals surface area contributed by atoms with Crippen molar-refractivity contribution < 1.29 is 13.2 Å². The van der Waals surface area contributed by atoms with Crippen LogP contribution in [-0.4, -0.2) is 4.99 Å². The molecule has 0 aliphatic heterocycles. The first-order valence-electron chi connectivity index (χ1n) is 3.94. The second-order valence-electron chi connectivity index (χ2n) is 2.96. The molecule has 0 radical (unpaired) electrons. The van der Waals surface area contributed by atoms with Gasteiger partial charge in [-0.2, -0.15) is 13.2 Å². The molecule has 0 unspecified atom stereocenters. The molecule has 0 saturated heterocycles. The highest BCUT2D eigenvalue weighted by Gasteiger charge is 2.33. The molecule has 1 aromatic rings. The van der Waals surface area contributed by atoms with Gasteiger partial charge in [-0.05, 0) is 17.7 Å². The molecule has 6 heteroatoms. The topological polar surface area (TPSA) is 26.0 Å². The summed E-state index contributed by atoms with van der Waals surface area (Å²) < 4.78 is 37.3. The van der Waals surface area contributed by atoms with Crippen LogP contribution in [0.3, 0.4) is 0 Å². The maximum Gasteiger partial charge on any atom is 0.417 e. The lowest BCUT2D eigenvalue weighted by molar-refractivity contribution is -0.137. The number of rotatable bonds is 2. The molecule has 0 fully saturated rings. The van der Waals surface area contributed by atoms with Crippen LogP contribution in [0, 0.1) is 0 Å². The molecule has 0 aliphatic rings. The molecule has 0 spiro atoms. The van der Waals surface area contributed by atoms with E-state index in [4.69, 9.17) is 17.3 Å². The number of thiocarbonyl (C=S) groups is 1. The fourth-order valence-corrected chi connectivity index (χ4v) is 1.49. The third-order valence-electron chi connectivity index (χ3n) is 1.71. The van der Waals surface area contributed by atoms with Gasteiger partial charge in [0.25, 0.3) is 0 Å². The van der Waals surface area contributed by atoms with Crippen molar-refractivity contribution in [3.8, 4) is 0 Å². The van der Waals surface area contributed by atoms with Gasteiger partial charge in [-0.3, -0.25) is 0 Å². The standard InChI is InChI=1S/C9H7ClF3NS/c10-7-2-1-5(4-8(14)15)3-6(7)9(11,12)13/h1-3H,4H2,(H2,14,15). The van der Waals surface area contributed by atoms with Gasteiger partial charge in [0.1, 0.15) is 0 Å². The van der Waals surface area contributed by atoms with Crippen LogP contribution < -0.4 is 5.73 Å². The molecule has 0 aromatic heterocycles. The number of nitrogens with two attached hydrogens (primary N) is 1. The maximum absolute atomic E-state index is 12.4. The summed E-state index contributed by atoms with van der Waals surface area (Å²) in [6, 6.07) is 3.62. The normalized spacial score (nSPS) is 11.5. The Balaban J connectivity index is 3.11. The van der Waals surface area contributed by atoms with E-state index < -0.39 is 11.7 Å². The number of alkyl halides is 3. The minimum absolute atomic E-state index is 0.135. The Morgan fingerprint density at radius 1 is 1.40 bits per heavy atom. The average Bonchev–Trinajstić information content (AvgIpc) is 2.05. The van der Waals surface area contributed by atoms with Crippen molar-refractivity contribution in [2.45, 2.75) is 12.6 Å². The highest BCUT2D eigenvalue weighted by atomic mass is 35.5. The van der Waals surface area contributed by atoms with Gasteiger partial charge in [-0.15, -0.1) is 0 Å². The van der Waals surface area contributed by atoms with Crippen LogP contribution in [0.4, 0.5) is 13.2 Å². The lowest BCUT2D eigenvalue weighted by Crippen LogP contribution is -2.12. The highest BCUT2D eigenvalue weighted by Crippen LogP contribution is 2.35. The third-order valence-corrected chi connectivity index (χ3v) is 2.19. The molecular weight excluding hydrogens is 247 g/mol. The van der Waals surface area contributed by atoms with Crippen LogP contribution in [0.2, 0.25) is 5.02 Å². The van der Waals surface area contributed by atoms with Crippen LogP contribution in [-0.2, 0) is 12.6 Å². The lowest BCUT2D eigenvalue weighted by atomic mass is 10.1. The largest absolute Gasteiger partial charge is 0.417 e. The highest BCUT2D eigenvalue weighted by molar-refractivity contribution is 7.80. The molecule has 2 N–H and O–H groups in total. The molecule has 1 aromatic carbocycles. The average molecular weight is 254 g/mol. The Hall–Kier alpha value is -0.810. The Labute approximate surface area is 95.0 Å². The van der Waals surface area contributed by atoms with Crippen LogP contribution in [0.15, 0.2) is 18.2 Å².